The zero-order valence-corrected chi connectivity index (χ0v) is 14.2. The molecule has 1 aromatic carbocycles. The third-order valence-corrected chi connectivity index (χ3v) is 4.54. The summed E-state index contributed by atoms with van der Waals surface area (Å²) in [5.74, 6) is 0. The number of nitrogens with zero attached hydrogens (tertiary/aromatic N) is 2. The maximum atomic E-state index is 12.2. The van der Waals surface area contributed by atoms with E-state index in [1.54, 1.807) is 13.0 Å². The zero-order chi connectivity index (χ0) is 17.2. The van der Waals surface area contributed by atoms with Crippen LogP contribution in [0.3, 0.4) is 0 Å². The number of carbonyl (C=O) groups is 1. The number of carbonyl (C=O) groups excluding carboxylic acids is 1. The van der Waals surface area contributed by atoms with E-state index >= 15 is 0 Å². The van der Waals surface area contributed by atoms with Crippen LogP contribution >= 0.6 is 11.3 Å². The van der Waals surface area contributed by atoms with E-state index in [0.29, 0.717) is 5.69 Å². The second kappa shape index (κ2) is 6.33. The van der Waals surface area contributed by atoms with Gasteiger partial charge in [-0.25, -0.2) is 9.78 Å². The molecule has 2 amide bonds. The van der Waals surface area contributed by atoms with Crippen LogP contribution in [0.1, 0.15) is 30.1 Å². The number of hydrogen-bond donors (Lipinski definition) is 2. The lowest BCUT2D eigenvalue weighted by atomic mass is 10.1. The van der Waals surface area contributed by atoms with Gasteiger partial charge in [0.15, 0.2) is 0 Å². The lowest BCUT2D eigenvalue weighted by Gasteiger charge is -2.24. The third-order valence-electron chi connectivity index (χ3n) is 3.26. The largest absolute Gasteiger partial charge is 0.326 e. The Morgan fingerprint density at radius 3 is 2.61 bits per heavy atom. The van der Waals surface area contributed by atoms with Gasteiger partial charge in [-0.1, -0.05) is 6.07 Å². The number of nitro benzene ring substituents is 1. The minimum atomic E-state index is -0.641. The summed E-state index contributed by atoms with van der Waals surface area (Å²) in [4.78, 5) is 27.0. The van der Waals surface area contributed by atoms with Crippen LogP contribution in [-0.2, 0) is 5.54 Å². The number of aromatic nitrogens is 1. The van der Waals surface area contributed by atoms with Crippen LogP contribution in [-0.4, -0.2) is 15.9 Å². The van der Waals surface area contributed by atoms with Crippen molar-refractivity contribution in [2.75, 3.05) is 5.32 Å². The fraction of sp³-hybridized carbons (Fsp3) is 0.333. The van der Waals surface area contributed by atoms with Crippen molar-refractivity contribution in [3.05, 3.63) is 50.0 Å². The first-order valence-electron chi connectivity index (χ1n) is 6.96. The van der Waals surface area contributed by atoms with E-state index in [2.05, 4.69) is 15.6 Å². The Balaban J connectivity index is 2.13. The van der Waals surface area contributed by atoms with Crippen molar-refractivity contribution in [2.45, 2.75) is 33.2 Å². The molecule has 0 aliphatic carbocycles. The van der Waals surface area contributed by atoms with Crippen LogP contribution in [0.5, 0.6) is 0 Å². The quantitative estimate of drug-likeness (QED) is 0.657. The van der Waals surface area contributed by atoms with Crippen molar-refractivity contribution < 1.29 is 9.72 Å². The Bertz CT molecular complexity index is 755. The average Bonchev–Trinajstić information content (AvgIpc) is 2.88. The van der Waals surface area contributed by atoms with E-state index in [9.17, 15) is 14.9 Å². The molecule has 0 radical (unpaired) electrons. The van der Waals surface area contributed by atoms with Crippen LogP contribution in [0, 0.1) is 24.0 Å². The Kier molecular flexibility index (Phi) is 4.65. The molecule has 7 nitrogen and oxygen atoms in total. The molecule has 0 unspecified atom stereocenters. The van der Waals surface area contributed by atoms with E-state index < -0.39 is 16.5 Å². The number of thiazole rings is 1. The van der Waals surface area contributed by atoms with Gasteiger partial charge >= 0.3 is 6.03 Å². The molecule has 1 heterocycles. The van der Waals surface area contributed by atoms with Crippen molar-refractivity contribution in [3.8, 4) is 0 Å². The fourth-order valence-corrected chi connectivity index (χ4v) is 2.87. The topological polar surface area (TPSA) is 97.2 Å². The highest BCUT2D eigenvalue weighted by atomic mass is 32.1. The van der Waals surface area contributed by atoms with Crippen molar-refractivity contribution in [1.29, 1.82) is 0 Å². The van der Waals surface area contributed by atoms with Crippen LogP contribution in [0.25, 0.3) is 0 Å². The number of aryl methyl sites for hydroxylation is 2. The fourth-order valence-electron chi connectivity index (χ4n) is 1.99. The number of amides is 2. The van der Waals surface area contributed by atoms with Crippen molar-refractivity contribution in [2.24, 2.45) is 0 Å². The maximum Gasteiger partial charge on any atom is 0.320 e. The second-order valence-electron chi connectivity index (χ2n) is 5.75. The van der Waals surface area contributed by atoms with Gasteiger partial charge in [0.2, 0.25) is 0 Å². The minimum Gasteiger partial charge on any atom is -0.326 e. The first-order chi connectivity index (χ1) is 10.7. The first-order valence-corrected chi connectivity index (χ1v) is 7.84. The SMILES string of the molecule is Cc1csc(C(C)(C)NC(=O)Nc2cc([N+](=O)[O-])ccc2C)n1. The van der Waals surface area contributed by atoms with Crippen LogP contribution < -0.4 is 10.6 Å². The van der Waals surface area contributed by atoms with Gasteiger partial charge in [-0.15, -0.1) is 11.3 Å². The van der Waals surface area contributed by atoms with E-state index in [0.717, 1.165) is 16.3 Å². The monoisotopic (exact) mass is 334 g/mol. The van der Waals surface area contributed by atoms with E-state index in [1.165, 1.54) is 23.5 Å². The van der Waals surface area contributed by atoms with Crippen molar-refractivity contribution in [3.63, 3.8) is 0 Å². The molecule has 0 spiro atoms. The van der Waals surface area contributed by atoms with Gasteiger partial charge < -0.3 is 10.6 Å². The molecule has 0 aliphatic heterocycles. The summed E-state index contributed by atoms with van der Waals surface area (Å²) < 4.78 is 0. The first kappa shape index (κ1) is 16.9. The molecule has 122 valence electrons. The summed E-state index contributed by atoms with van der Waals surface area (Å²) in [6.45, 7) is 7.37. The van der Waals surface area contributed by atoms with E-state index in [1.807, 2.05) is 26.2 Å². The molecule has 0 fully saturated rings. The van der Waals surface area contributed by atoms with Gasteiger partial charge in [0.25, 0.3) is 5.69 Å². The zero-order valence-electron chi connectivity index (χ0n) is 13.3. The summed E-state index contributed by atoms with van der Waals surface area (Å²) in [6.07, 6.45) is 0. The van der Waals surface area contributed by atoms with Gasteiger partial charge in [-0.05, 0) is 33.3 Å². The smallest absolute Gasteiger partial charge is 0.320 e. The summed E-state index contributed by atoms with van der Waals surface area (Å²) in [5.41, 5.74) is 1.34. The summed E-state index contributed by atoms with van der Waals surface area (Å²) in [7, 11) is 0. The Morgan fingerprint density at radius 2 is 2.04 bits per heavy atom. The number of rotatable bonds is 4. The predicted molar refractivity (Wildman–Crippen MR) is 89.9 cm³/mol. The highest BCUT2D eigenvalue weighted by Gasteiger charge is 2.26. The van der Waals surface area contributed by atoms with Gasteiger partial charge in [0.1, 0.15) is 5.01 Å². The minimum absolute atomic E-state index is 0.0688. The molecule has 1 aromatic heterocycles. The molecule has 0 atom stereocenters. The summed E-state index contributed by atoms with van der Waals surface area (Å²) >= 11 is 1.47. The molecular formula is C15H18N4O3S. The number of anilines is 1. The molecular weight excluding hydrogens is 316 g/mol. The number of non-ortho nitro benzene ring substituents is 1. The molecule has 23 heavy (non-hydrogen) atoms. The molecule has 2 N–H and O–H groups in total. The molecule has 8 heteroatoms. The second-order valence-corrected chi connectivity index (χ2v) is 6.61. The van der Waals surface area contributed by atoms with Gasteiger partial charge in [0, 0.05) is 23.2 Å². The van der Waals surface area contributed by atoms with Gasteiger partial charge in [-0.3, -0.25) is 10.1 Å². The number of hydrogen-bond acceptors (Lipinski definition) is 5. The number of nitrogens with one attached hydrogen (secondary N) is 2. The summed E-state index contributed by atoms with van der Waals surface area (Å²) in [6, 6.07) is 3.91. The molecule has 0 aliphatic rings. The number of urea groups is 1. The lowest BCUT2D eigenvalue weighted by molar-refractivity contribution is -0.384. The van der Waals surface area contributed by atoms with Crippen LogP contribution in [0.15, 0.2) is 23.6 Å². The summed E-state index contributed by atoms with van der Waals surface area (Å²) in [5, 5.41) is 19.0. The Hall–Kier alpha value is -2.48. The third kappa shape index (κ3) is 4.04. The molecule has 0 saturated heterocycles. The Labute approximate surface area is 137 Å². The van der Waals surface area contributed by atoms with Crippen molar-refractivity contribution >= 4 is 28.7 Å². The molecule has 0 bridgehead atoms. The predicted octanol–water partition coefficient (Wildman–Crippen LogP) is 3.72. The average molecular weight is 334 g/mol. The van der Waals surface area contributed by atoms with E-state index in [-0.39, 0.29) is 5.69 Å². The number of nitro groups is 1. The maximum absolute atomic E-state index is 12.2. The molecule has 2 rings (SSSR count). The highest BCUT2D eigenvalue weighted by Crippen LogP contribution is 2.25. The van der Waals surface area contributed by atoms with Gasteiger partial charge in [-0.2, -0.15) is 0 Å². The van der Waals surface area contributed by atoms with Crippen LogP contribution in [0.2, 0.25) is 0 Å². The Morgan fingerprint density at radius 1 is 1.35 bits per heavy atom. The van der Waals surface area contributed by atoms with Crippen LogP contribution in [0.4, 0.5) is 16.2 Å². The molecule has 2 aromatic rings. The standard InChI is InChI=1S/C15H18N4O3S/c1-9-5-6-11(19(21)22)7-12(9)17-14(20)18-15(3,4)13-16-10(2)8-23-13/h5-8H,1-4H3,(H2,17,18,20). The normalized spacial score (nSPS) is 11.1. The molecule has 0 saturated carbocycles. The van der Waals surface area contributed by atoms with Crippen molar-refractivity contribution in [1.82, 2.24) is 10.3 Å². The van der Waals surface area contributed by atoms with Gasteiger partial charge in [0.05, 0.1) is 16.1 Å². The lowest BCUT2D eigenvalue weighted by Crippen LogP contribution is -2.43. The van der Waals surface area contributed by atoms with E-state index in [4.69, 9.17) is 0 Å². The number of benzene rings is 1. The highest BCUT2D eigenvalue weighted by molar-refractivity contribution is 7.09.